The number of methoxy groups -OCH3 is 1. The molecule has 5 nitrogen and oxygen atoms in total. The monoisotopic (exact) mass is 315 g/mol. The summed E-state index contributed by atoms with van der Waals surface area (Å²) < 4.78 is 23.1. The number of pyridine rings is 1. The largest absolute Gasteiger partial charge is 0.498 e. The molecule has 1 fully saturated rings. The van der Waals surface area contributed by atoms with Crippen molar-refractivity contribution in [2.45, 2.75) is 38.9 Å². The first kappa shape index (κ1) is 16.2. The van der Waals surface area contributed by atoms with Crippen molar-refractivity contribution in [3.05, 3.63) is 30.5 Å². The van der Waals surface area contributed by atoms with E-state index in [2.05, 4.69) is 4.98 Å². The molecule has 0 saturated carbocycles. The molecule has 0 amide bonds. The van der Waals surface area contributed by atoms with Crippen LogP contribution in [-0.2, 0) is 14.0 Å². The number of hydrogen-bond acceptors (Lipinski definition) is 5. The van der Waals surface area contributed by atoms with Gasteiger partial charge in [0.1, 0.15) is 5.75 Å². The van der Waals surface area contributed by atoms with E-state index in [4.69, 9.17) is 18.8 Å². The fourth-order valence-corrected chi connectivity index (χ4v) is 2.52. The highest BCUT2D eigenvalue weighted by Gasteiger charge is 2.52. The van der Waals surface area contributed by atoms with Gasteiger partial charge >= 0.3 is 7.12 Å². The number of rotatable bonds is 4. The van der Waals surface area contributed by atoms with E-state index >= 15 is 0 Å². The molecule has 6 heteroatoms. The van der Waals surface area contributed by atoms with Gasteiger partial charge in [0.15, 0.2) is 6.79 Å². The maximum atomic E-state index is 6.15. The molecule has 1 aromatic carbocycles. The van der Waals surface area contributed by atoms with E-state index in [0.717, 1.165) is 16.4 Å². The second-order valence-electron chi connectivity index (χ2n) is 6.73. The van der Waals surface area contributed by atoms with Crippen LogP contribution in [0.5, 0.6) is 5.75 Å². The Morgan fingerprint density at radius 1 is 1.13 bits per heavy atom. The number of hydrogen-bond donors (Lipinski definition) is 0. The van der Waals surface area contributed by atoms with Gasteiger partial charge in [-0.2, -0.15) is 0 Å². The smallest absolute Gasteiger partial charge is 0.468 e. The van der Waals surface area contributed by atoms with Gasteiger partial charge in [-0.1, -0.05) is 6.07 Å². The van der Waals surface area contributed by atoms with E-state index < -0.39 is 18.3 Å². The van der Waals surface area contributed by atoms with Gasteiger partial charge < -0.3 is 18.8 Å². The summed E-state index contributed by atoms with van der Waals surface area (Å²) in [5.74, 6) is 0.686. The second-order valence-corrected chi connectivity index (χ2v) is 6.73. The quantitative estimate of drug-likeness (QED) is 0.641. The molecule has 0 N–H and O–H groups in total. The Morgan fingerprint density at radius 2 is 1.83 bits per heavy atom. The third-order valence-corrected chi connectivity index (χ3v) is 4.57. The molecule has 0 unspecified atom stereocenters. The van der Waals surface area contributed by atoms with Crippen molar-refractivity contribution < 1.29 is 18.8 Å². The number of aromatic nitrogens is 1. The molecule has 0 radical (unpaired) electrons. The van der Waals surface area contributed by atoms with Gasteiger partial charge in [0.05, 0.1) is 16.7 Å². The topological polar surface area (TPSA) is 49.8 Å². The maximum Gasteiger partial charge on any atom is 0.498 e. The summed E-state index contributed by atoms with van der Waals surface area (Å²) in [5.41, 5.74) is 0.888. The molecule has 2 heterocycles. The molecule has 3 rings (SSSR count). The van der Waals surface area contributed by atoms with E-state index in [1.165, 1.54) is 0 Å². The molecule has 0 atom stereocenters. The normalized spacial score (nSPS) is 19.3. The average Bonchev–Trinajstić information content (AvgIpc) is 2.72. The summed E-state index contributed by atoms with van der Waals surface area (Å²) in [4.78, 5) is 4.41. The van der Waals surface area contributed by atoms with Crippen LogP contribution in [0.1, 0.15) is 27.7 Å². The molecule has 0 aliphatic carbocycles. The van der Waals surface area contributed by atoms with E-state index in [9.17, 15) is 0 Å². The van der Waals surface area contributed by atoms with Crippen LogP contribution in [0.2, 0.25) is 0 Å². The Hall–Kier alpha value is -1.63. The lowest BCUT2D eigenvalue weighted by atomic mass is 9.78. The molecule has 122 valence electrons. The van der Waals surface area contributed by atoms with Gasteiger partial charge in [-0.3, -0.25) is 4.98 Å². The summed E-state index contributed by atoms with van der Waals surface area (Å²) in [7, 11) is 1.09. The summed E-state index contributed by atoms with van der Waals surface area (Å²) in [6.45, 7) is 8.28. The number of ether oxygens (including phenoxy) is 2. The number of nitrogens with zero attached hydrogens (tertiary/aromatic N) is 1. The van der Waals surface area contributed by atoms with Crippen LogP contribution in [0.25, 0.3) is 10.9 Å². The first-order valence-electron chi connectivity index (χ1n) is 7.70. The SMILES string of the molecule is COCOc1cc2cccnc2cc1B1OC(C)(C)C(C)(C)O1. The standard InChI is InChI=1S/C17H22BNO4/c1-16(2)17(3,4)23-18(22-16)13-10-14-12(7-6-8-19-14)9-15(13)21-11-20-5/h6-10H,11H2,1-5H3. The lowest BCUT2D eigenvalue weighted by Crippen LogP contribution is -2.41. The first-order valence-corrected chi connectivity index (χ1v) is 7.70. The van der Waals surface area contributed by atoms with Gasteiger partial charge in [-0.05, 0) is 45.9 Å². The predicted octanol–water partition coefficient (Wildman–Crippen LogP) is 2.52. The minimum atomic E-state index is -0.502. The van der Waals surface area contributed by atoms with Crippen LogP contribution in [0.15, 0.2) is 30.5 Å². The van der Waals surface area contributed by atoms with Crippen molar-refractivity contribution in [1.82, 2.24) is 4.98 Å². The third kappa shape index (κ3) is 2.94. The zero-order valence-corrected chi connectivity index (χ0v) is 14.3. The van der Waals surface area contributed by atoms with Crippen LogP contribution >= 0.6 is 0 Å². The van der Waals surface area contributed by atoms with E-state index in [1.807, 2.05) is 52.0 Å². The molecule has 1 aromatic heterocycles. The van der Waals surface area contributed by atoms with E-state index in [-0.39, 0.29) is 6.79 Å². The Balaban J connectivity index is 2.05. The molecule has 0 spiro atoms. The van der Waals surface area contributed by atoms with Crippen LogP contribution in [0, 0.1) is 0 Å². The molecule has 1 aliphatic rings. The fourth-order valence-electron chi connectivity index (χ4n) is 2.52. The van der Waals surface area contributed by atoms with Crippen LogP contribution in [-0.4, -0.2) is 37.2 Å². The lowest BCUT2D eigenvalue weighted by molar-refractivity contribution is 0.00578. The van der Waals surface area contributed by atoms with Crippen LogP contribution < -0.4 is 10.2 Å². The molecule has 23 heavy (non-hydrogen) atoms. The van der Waals surface area contributed by atoms with E-state index in [0.29, 0.717) is 5.75 Å². The molecule has 1 saturated heterocycles. The number of fused-ring (bicyclic) bond motifs is 1. The molecule has 2 aromatic rings. The lowest BCUT2D eigenvalue weighted by Gasteiger charge is -2.32. The van der Waals surface area contributed by atoms with Gasteiger partial charge in [-0.25, -0.2) is 0 Å². The maximum absolute atomic E-state index is 6.15. The first-order chi connectivity index (χ1) is 10.8. The van der Waals surface area contributed by atoms with Crippen molar-refractivity contribution in [3.8, 4) is 5.75 Å². The van der Waals surface area contributed by atoms with Crippen molar-refractivity contribution in [3.63, 3.8) is 0 Å². The van der Waals surface area contributed by atoms with Crippen LogP contribution in [0.3, 0.4) is 0 Å². The summed E-state index contributed by atoms with van der Waals surface area (Å²) in [6, 6.07) is 7.80. The average molecular weight is 315 g/mol. The Morgan fingerprint density at radius 3 is 2.48 bits per heavy atom. The summed E-state index contributed by atoms with van der Waals surface area (Å²) in [5, 5.41) is 0.999. The fraction of sp³-hybridized carbons (Fsp3) is 0.471. The van der Waals surface area contributed by atoms with E-state index in [1.54, 1.807) is 13.3 Å². The van der Waals surface area contributed by atoms with Gasteiger partial charge in [-0.15, -0.1) is 0 Å². The minimum absolute atomic E-state index is 0.165. The van der Waals surface area contributed by atoms with Gasteiger partial charge in [0.2, 0.25) is 0 Å². The Labute approximate surface area is 137 Å². The van der Waals surface area contributed by atoms with Gasteiger partial charge in [0.25, 0.3) is 0 Å². The molecular formula is C17H22BNO4. The summed E-state index contributed by atoms with van der Waals surface area (Å²) >= 11 is 0. The zero-order chi connectivity index (χ0) is 16.7. The highest BCUT2D eigenvalue weighted by atomic mass is 16.7. The minimum Gasteiger partial charge on any atom is -0.468 e. The van der Waals surface area contributed by atoms with Crippen molar-refractivity contribution in [2.24, 2.45) is 0 Å². The van der Waals surface area contributed by atoms with Crippen molar-refractivity contribution >= 4 is 23.5 Å². The molecule has 0 bridgehead atoms. The van der Waals surface area contributed by atoms with Crippen molar-refractivity contribution in [1.29, 1.82) is 0 Å². The number of benzene rings is 1. The molecular weight excluding hydrogens is 293 g/mol. The summed E-state index contributed by atoms with van der Waals surface area (Å²) in [6.07, 6.45) is 1.77. The Bertz CT molecular complexity index is 701. The Kier molecular flexibility index (Phi) is 4.08. The highest BCUT2D eigenvalue weighted by molar-refractivity contribution is 6.63. The van der Waals surface area contributed by atoms with Crippen molar-refractivity contribution in [2.75, 3.05) is 13.9 Å². The van der Waals surface area contributed by atoms with Gasteiger partial charge in [0, 0.05) is 24.2 Å². The zero-order valence-electron chi connectivity index (χ0n) is 14.3. The molecule has 1 aliphatic heterocycles. The second kappa shape index (κ2) is 5.78. The predicted molar refractivity (Wildman–Crippen MR) is 90.0 cm³/mol. The highest BCUT2D eigenvalue weighted by Crippen LogP contribution is 2.37. The third-order valence-electron chi connectivity index (χ3n) is 4.57. The van der Waals surface area contributed by atoms with Crippen LogP contribution in [0.4, 0.5) is 0 Å².